The summed E-state index contributed by atoms with van der Waals surface area (Å²) >= 11 is 1.02. The highest BCUT2D eigenvalue weighted by atomic mass is 32.1. The monoisotopic (exact) mass is 569 g/mol. The Morgan fingerprint density at radius 1 is 1.10 bits per heavy atom. The zero-order valence-electron chi connectivity index (χ0n) is 23.6. The average molecular weight is 570 g/mol. The lowest BCUT2D eigenvalue weighted by Gasteiger charge is -2.37. The van der Waals surface area contributed by atoms with E-state index < -0.39 is 40.8 Å². The molecule has 3 amide bonds. The Labute approximate surface area is 231 Å². The first-order valence-electron chi connectivity index (χ1n) is 12.4. The number of nitrogens with one attached hydrogen (secondary N) is 4. The van der Waals surface area contributed by atoms with Gasteiger partial charge in [0.15, 0.2) is 10.8 Å². The van der Waals surface area contributed by atoms with E-state index in [2.05, 4.69) is 31.4 Å². The molecule has 0 aliphatic carbocycles. The van der Waals surface area contributed by atoms with Gasteiger partial charge in [-0.05, 0) is 55.4 Å². The molecule has 1 aromatic rings. The second kappa shape index (κ2) is 12.7. The molecule has 2 rings (SSSR count). The number of esters is 1. The molecule has 15 heteroatoms. The van der Waals surface area contributed by atoms with Crippen LogP contribution in [0.15, 0.2) is 10.5 Å². The van der Waals surface area contributed by atoms with Crippen LogP contribution in [-0.4, -0.2) is 83.1 Å². The van der Waals surface area contributed by atoms with Crippen LogP contribution in [0.25, 0.3) is 0 Å². The molecule has 14 nitrogen and oxygen atoms in total. The Morgan fingerprint density at radius 3 is 2.31 bits per heavy atom. The molecule has 0 bridgehead atoms. The van der Waals surface area contributed by atoms with E-state index >= 15 is 0 Å². The first kappa shape index (κ1) is 31.9. The molecule has 0 saturated carbocycles. The van der Waals surface area contributed by atoms with Gasteiger partial charge in [-0.3, -0.25) is 14.9 Å². The lowest BCUT2D eigenvalue weighted by atomic mass is 9.98. The molecule has 1 aliphatic rings. The van der Waals surface area contributed by atoms with Crippen molar-refractivity contribution in [1.82, 2.24) is 20.9 Å². The van der Waals surface area contributed by atoms with Gasteiger partial charge in [0.25, 0.3) is 5.91 Å². The summed E-state index contributed by atoms with van der Waals surface area (Å²) in [5.41, 5.74) is 2.15. The normalized spacial score (nSPS) is 18.0. The maximum absolute atomic E-state index is 13.3. The fourth-order valence-electron chi connectivity index (χ4n) is 2.98. The summed E-state index contributed by atoms with van der Waals surface area (Å²) < 4.78 is 10.6. The van der Waals surface area contributed by atoms with Gasteiger partial charge in [-0.25, -0.2) is 14.6 Å². The molecule has 2 atom stereocenters. The summed E-state index contributed by atoms with van der Waals surface area (Å²) in [5, 5.41) is 16.5. The standard InChI is InChI=1S/C24H39N7O7S/c1-22(2,3)36-19(34)24(7,8)38-31-16(14-12-39-20(28-14)30-21(35)37-23(4,5)6)18(33)29-15-13(27-17(15)32)11-26-10-9-25/h12-13,15,26H,9-11,25H2,1-8H3,(H,27,32)(H,29,33)(H,28,30,35)/b31-16-/t13-,15+/m1/s1. The van der Waals surface area contributed by atoms with Crippen molar-refractivity contribution in [3.63, 3.8) is 0 Å². The number of β-lactam (4-membered cyclic amide) rings is 1. The van der Waals surface area contributed by atoms with Crippen molar-refractivity contribution in [2.24, 2.45) is 10.9 Å². The average Bonchev–Trinajstić information content (AvgIpc) is 3.22. The first-order valence-corrected chi connectivity index (χ1v) is 13.3. The van der Waals surface area contributed by atoms with Crippen molar-refractivity contribution in [2.45, 2.75) is 84.3 Å². The van der Waals surface area contributed by atoms with Crippen molar-refractivity contribution in [1.29, 1.82) is 0 Å². The number of amides is 3. The van der Waals surface area contributed by atoms with Gasteiger partial charge < -0.3 is 36.0 Å². The number of carbonyl (C=O) groups excluding carboxylic acids is 4. The van der Waals surface area contributed by atoms with Crippen LogP contribution >= 0.6 is 11.3 Å². The largest absolute Gasteiger partial charge is 0.457 e. The summed E-state index contributed by atoms with van der Waals surface area (Å²) in [6, 6.07) is -1.21. The fraction of sp³-hybridized carbons (Fsp3) is 0.667. The lowest BCUT2D eigenvalue weighted by molar-refractivity contribution is -0.179. The summed E-state index contributed by atoms with van der Waals surface area (Å²) in [4.78, 5) is 60.0. The van der Waals surface area contributed by atoms with E-state index in [1.165, 1.54) is 19.2 Å². The van der Waals surface area contributed by atoms with Gasteiger partial charge in [0.05, 0.1) is 6.04 Å². The summed E-state index contributed by atoms with van der Waals surface area (Å²) in [7, 11) is 0. The molecule has 0 spiro atoms. The van der Waals surface area contributed by atoms with Crippen molar-refractivity contribution in [3.05, 3.63) is 11.1 Å². The molecule has 1 saturated heterocycles. The van der Waals surface area contributed by atoms with Gasteiger partial charge in [-0.2, -0.15) is 0 Å². The predicted octanol–water partition coefficient (Wildman–Crippen LogP) is 0.863. The van der Waals surface area contributed by atoms with Gasteiger partial charge in [0.2, 0.25) is 11.5 Å². The van der Waals surface area contributed by atoms with Gasteiger partial charge in [0.1, 0.15) is 22.9 Å². The van der Waals surface area contributed by atoms with E-state index in [1.54, 1.807) is 41.5 Å². The number of ether oxygens (including phenoxy) is 2. The molecule has 1 aliphatic heterocycles. The van der Waals surface area contributed by atoms with Gasteiger partial charge >= 0.3 is 12.1 Å². The molecule has 1 fully saturated rings. The summed E-state index contributed by atoms with van der Waals surface area (Å²) in [5.74, 6) is -1.84. The van der Waals surface area contributed by atoms with E-state index in [0.29, 0.717) is 19.6 Å². The zero-order chi connectivity index (χ0) is 29.6. The number of thiazole rings is 1. The minimum atomic E-state index is -1.56. The van der Waals surface area contributed by atoms with E-state index in [-0.39, 0.29) is 28.5 Å². The van der Waals surface area contributed by atoms with E-state index in [9.17, 15) is 19.2 Å². The van der Waals surface area contributed by atoms with Crippen LogP contribution in [0.1, 0.15) is 61.1 Å². The van der Waals surface area contributed by atoms with E-state index in [1.807, 2.05) is 0 Å². The molecule has 6 N–H and O–H groups in total. The molecular weight excluding hydrogens is 530 g/mol. The molecule has 0 unspecified atom stereocenters. The number of hydrogen-bond acceptors (Lipinski definition) is 12. The zero-order valence-corrected chi connectivity index (χ0v) is 24.4. The number of oxime groups is 1. The number of aromatic nitrogens is 1. The third kappa shape index (κ3) is 10.1. The minimum absolute atomic E-state index is 0.0427. The molecule has 2 heterocycles. The maximum Gasteiger partial charge on any atom is 0.413 e. The SMILES string of the molecule is CC(C)(C)OC(=O)Nc1nc(/C(=N/OC(C)(C)C(=O)OC(C)(C)C)C(=O)N[C@@H]2C(=O)N[C@@H]2CNCCN)cs1. The molecular formula is C24H39N7O7S. The highest BCUT2D eigenvalue weighted by molar-refractivity contribution is 7.14. The molecule has 39 heavy (non-hydrogen) atoms. The smallest absolute Gasteiger partial charge is 0.413 e. The van der Waals surface area contributed by atoms with Crippen molar-refractivity contribution in [3.8, 4) is 0 Å². The number of nitrogens with two attached hydrogens (primary N) is 1. The Morgan fingerprint density at radius 2 is 1.74 bits per heavy atom. The summed E-state index contributed by atoms with van der Waals surface area (Å²) in [6.07, 6.45) is -0.729. The highest BCUT2D eigenvalue weighted by Gasteiger charge is 2.41. The van der Waals surface area contributed by atoms with Crippen LogP contribution in [-0.2, 0) is 28.7 Å². The second-order valence-electron chi connectivity index (χ2n) is 11.3. The third-order valence-electron chi connectivity index (χ3n) is 4.81. The van der Waals surface area contributed by atoms with Crippen LogP contribution in [0, 0.1) is 0 Å². The first-order chi connectivity index (χ1) is 17.9. The van der Waals surface area contributed by atoms with Crippen LogP contribution in [0.4, 0.5) is 9.93 Å². The number of carbonyl (C=O) groups is 4. The molecule has 0 aromatic carbocycles. The number of nitrogens with zero attached hydrogens (tertiary/aromatic N) is 2. The van der Waals surface area contributed by atoms with Gasteiger partial charge in [-0.1, -0.05) is 5.16 Å². The van der Waals surface area contributed by atoms with Crippen LogP contribution in [0.3, 0.4) is 0 Å². The second-order valence-corrected chi connectivity index (χ2v) is 12.1. The lowest BCUT2D eigenvalue weighted by Crippen LogP contribution is -2.72. The Kier molecular flexibility index (Phi) is 10.4. The Balaban J connectivity index is 2.28. The van der Waals surface area contributed by atoms with Crippen molar-refractivity contribution < 1.29 is 33.5 Å². The number of rotatable bonds is 11. The molecule has 0 radical (unpaired) electrons. The van der Waals surface area contributed by atoms with Crippen molar-refractivity contribution in [2.75, 3.05) is 25.0 Å². The number of hydrogen-bond donors (Lipinski definition) is 5. The Hall–Kier alpha value is -3.30. The predicted molar refractivity (Wildman–Crippen MR) is 145 cm³/mol. The van der Waals surface area contributed by atoms with Gasteiger partial charge in [0, 0.05) is 25.0 Å². The van der Waals surface area contributed by atoms with Crippen LogP contribution in [0.5, 0.6) is 0 Å². The molecule has 218 valence electrons. The fourth-order valence-corrected chi connectivity index (χ4v) is 3.66. The van der Waals surface area contributed by atoms with Crippen LogP contribution in [0.2, 0.25) is 0 Å². The minimum Gasteiger partial charge on any atom is -0.457 e. The quantitative estimate of drug-likeness (QED) is 0.0838. The molecule has 1 aromatic heterocycles. The van der Waals surface area contributed by atoms with Crippen molar-refractivity contribution >= 4 is 46.1 Å². The van der Waals surface area contributed by atoms with Gasteiger partial charge in [-0.15, -0.1) is 11.3 Å². The third-order valence-corrected chi connectivity index (χ3v) is 5.57. The highest BCUT2D eigenvalue weighted by Crippen LogP contribution is 2.21. The number of anilines is 1. The van der Waals surface area contributed by atoms with E-state index in [4.69, 9.17) is 20.0 Å². The van der Waals surface area contributed by atoms with E-state index in [0.717, 1.165) is 11.3 Å². The Bertz CT molecular complexity index is 1090. The maximum atomic E-state index is 13.3. The topological polar surface area (TPSA) is 195 Å². The summed E-state index contributed by atoms with van der Waals surface area (Å²) in [6.45, 7) is 14.5. The van der Waals surface area contributed by atoms with Crippen LogP contribution < -0.4 is 27.0 Å².